The van der Waals surface area contributed by atoms with Gasteiger partial charge in [0.1, 0.15) is 5.78 Å². The molecule has 0 unspecified atom stereocenters. The molecule has 0 atom stereocenters. The monoisotopic (exact) mass is 278 g/mol. The Morgan fingerprint density at radius 2 is 1.50 bits per heavy atom. The van der Waals surface area contributed by atoms with E-state index in [1.807, 2.05) is 0 Å². The second-order valence-electron chi connectivity index (χ2n) is 9.93. The van der Waals surface area contributed by atoms with Crippen molar-refractivity contribution in [1.82, 2.24) is 0 Å². The van der Waals surface area contributed by atoms with Crippen molar-refractivity contribution in [2.75, 3.05) is 0 Å². The molecule has 0 amide bonds. The van der Waals surface area contributed by atoms with E-state index in [-0.39, 0.29) is 5.41 Å². The summed E-state index contributed by atoms with van der Waals surface area (Å²) in [7, 11) is 0. The number of carbonyl (C=O) groups is 1. The standard InChI is InChI=1S/C19H34O/c1-17(2,3)11-14-7-9-19(10-8-14)12-15(13-19)16(20)18(4,5)6/h14-15H,7-13H2,1-6H3. The van der Waals surface area contributed by atoms with E-state index in [9.17, 15) is 4.79 Å². The van der Waals surface area contributed by atoms with Crippen LogP contribution in [0.2, 0.25) is 0 Å². The van der Waals surface area contributed by atoms with Gasteiger partial charge in [-0.25, -0.2) is 0 Å². The first-order valence-corrected chi connectivity index (χ1v) is 8.55. The van der Waals surface area contributed by atoms with Crippen molar-refractivity contribution < 1.29 is 4.79 Å². The van der Waals surface area contributed by atoms with E-state index in [0.29, 0.717) is 22.5 Å². The maximum Gasteiger partial charge on any atom is 0.141 e. The number of carbonyl (C=O) groups excluding carboxylic acids is 1. The SMILES string of the molecule is CC(C)(C)CC1CCC2(CC1)CC(C(=O)C(C)(C)C)C2. The van der Waals surface area contributed by atoms with Crippen LogP contribution in [0.15, 0.2) is 0 Å². The van der Waals surface area contributed by atoms with Gasteiger partial charge in [0.2, 0.25) is 0 Å². The summed E-state index contributed by atoms with van der Waals surface area (Å²) < 4.78 is 0. The van der Waals surface area contributed by atoms with Crippen LogP contribution in [-0.2, 0) is 4.79 Å². The van der Waals surface area contributed by atoms with Gasteiger partial charge >= 0.3 is 0 Å². The van der Waals surface area contributed by atoms with Crippen LogP contribution in [0.3, 0.4) is 0 Å². The molecule has 2 aliphatic carbocycles. The second kappa shape index (κ2) is 5.14. The smallest absolute Gasteiger partial charge is 0.141 e. The molecule has 0 N–H and O–H groups in total. The molecule has 1 spiro atoms. The Morgan fingerprint density at radius 1 is 1.00 bits per heavy atom. The Labute approximate surface area is 125 Å². The van der Waals surface area contributed by atoms with Gasteiger partial charge in [-0.2, -0.15) is 0 Å². The van der Waals surface area contributed by atoms with Crippen LogP contribution in [0.1, 0.15) is 86.5 Å². The molecule has 0 aliphatic heterocycles. The lowest BCUT2D eigenvalue weighted by molar-refractivity contribution is -0.140. The first kappa shape index (κ1) is 16.0. The molecule has 2 rings (SSSR count). The van der Waals surface area contributed by atoms with Crippen molar-refractivity contribution in [2.24, 2.45) is 28.1 Å². The Balaban J connectivity index is 1.80. The van der Waals surface area contributed by atoms with Crippen LogP contribution < -0.4 is 0 Å². The molecule has 0 saturated heterocycles. The third kappa shape index (κ3) is 3.65. The third-order valence-electron chi connectivity index (χ3n) is 5.54. The minimum atomic E-state index is -0.143. The summed E-state index contributed by atoms with van der Waals surface area (Å²) in [6, 6.07) is 0. The lowest BCUT2D eigenvalue weighted by Gasteiger charge is -2.52. The molecule has 0 radical (unpaired) electrons. The van der Waals surface area contributed by atoms with Gasteiger partial charge in [0.15, 0.2) is 0 Å². The zero-order valence-electron chi connectivity index (χ0n) is 14.5. The van der Waals surface area contributed by atoms with Gasteiger partial charge in [-0.1, -0.05) is 41.5 Å². The second-order valence-corrected chi connectivity index (χ2v) is 9.93. The molecule has 0 aromatic rings. The van der Waals surface area contributed by atoms with Crippen LogP contribution in [0.5, 0.6) is 0 Å². The van der Waals surface area contributed by atoms with E-state index in [0.717, 1.165) is 5.92 Å². The Hall–Kier alpha value is -0.330. The quantitative estimate of drug-likeness (QED) is 0.640. The molecule has 2 fully saturated rings. The number of rotatable bonds is 2. The van der Waals surface area contributed by atoms with Crippen LogP contribution in [0, 0.1) is 28.1 Å². The van der Waals surface area contributed by atoms with Gasteiger partial charge in [-0.3, -0.25) is 4.79 Å². The maximum atomic E-state index is 12.3. The number of hydrogen-bond acceptors (Lipinski definition) is 1. The van der Waals surface area contributed by atoms with Gasteiger partial charge in [-0.05, 0) is 61.7 Å². The number of Topliss-reactive ketones (excluding diaryl/α,β-unsaturated/α-hetero) is 1. The molecule has 2 saturated carbocycles. The summed E-state index contributed by atoms with van der Waals surface area (Å²) in [5, 5.41) is 0. The first-order chi connectivity index (χ1) is 9.01. The highest BCUT2D eigenvalue weighted by Gasteiger charge is 2.50. The van der Waals surface area contributed by atoms with Crippen molar-refractivity contribution in [3.63, 3.8) is 0 Å². The van der Waals surface area contributed by atoms with Gasteiger partial charge < -0.3 is 0 Å². The summed E-state index contributed by atoms with van der Waals surface area (Å²) in [5.74, 6) is 1.80. The van der Waals surface area contributed by atoms with E-state index in [1.54, 1.807) is 0 Å². The van der Waals surface area contributed by atoms with Crippen LogP contribution >= 0.6 is 0 Å². The van der Waals surface area contributed by atoms with Gasteiger partial charge in [0, 0.05) is 11.3 Å². The highest BCUT2D eigenvalue weighted by Crippen LogP contribution is 2.57. The van der Waals surface area contributed by atoms with E-state index in [1.165, 1.54) is 44.9 Å². The zero-order valence-corrected chi connectivity index (χ0v) is 14.5. The molecule has 0 bridgehead atoms. The van der Waals surface area contributed by atoms with E-state index >= 15 is 0 Å². The molecule has 0 heterocycles. The topological polar surface area (TPSA) is 17.1 Å². The third-order valence-corrected chi connectivity index (χ3v) is 5.54. The highest BCUT2D eigenvalue weighted by molar-refractivity contribution is 5.86. The average molecular weight is 278 g/mol. The minimum absolute atomic E-state index is 0.143. The summed E-state index contributed by atoms with van der Waals surface area (Å²) in [5.41, 5.74) is 0.884. The lowest BCUT2D eigenvalue weighted by atomic mass is 9.52. The normalized spacial score (nSPS) is 34.9. The summed E-state index contributed by atoms with van der Waals surface area (Å²) in [6.07, 6.45) is 9.29. The van der Waals surface area contributed by atoms with E-state index < -0.39 is 0 Å². The number of hydrogen-bond donors (Lipinski definition) is 0. The predicted octanol–water partition coefficient (Wildman–Crippen LogP) is 5.62. The predicted molar refractivity (Wildman–Crippen MR) is 85.6 cm³/mol. The molecule has 20 heavy (non-hydrogen) atoms. The molecule has 1 heteroatoms. The van der Waals surface area contributed by atoms with Crippen molar-refractivity contribution >= 4 is 5.78 Å². The highest BCUT2D eigenvalue weighted by atomic mass is 16.1. The maximum absolute atomic E-state index is 12.3. The average Bonchev–Trinajstić information content (AvgIpc) is 2.23. The van der Waals surface area contributed by atoms with Crippen molar-refractivity contribution in [2.45, 2.75) is 86.5 Å². The fourth-order valence-electron chi connectivity index (χ4n) is 4.55. The van der Waals surface area contributed by atoms with Crippen molar-refractivity contribution in [1.29, 1.82) is 0 Å². The van der Waals surface area contributed by atoms with Gasteiger partial charge in [-0.15, -0.1) is 0 Å². The fraction of sp³-hybridized carbons (Fsp3) is 0.947. The fourth-order valence-corrected chi connectivity index (χ4v) is 4.55. The molecule has 0 aromatic heterocycles. The van der Waals surface area contributed by atoms with Crippen LogP contribution in [0.4, 0.5) is 0 Å². The molecule has 1 nitrogen and oxygen atoms in total. The van der Waals surface area contributed by atoms with Gasteiger partial charge in [0.05, 0.1) is 0 Å². The Bertz CT molecular complexity index is 350. The minimum Gasteiger partial charge on any atom is -0.299 e. The summed E-state index contributed by atoms with van der Waals surface area (Å²) >= 11 is 0. The van der Waals surface area contributed by atoms with Crippen molar-refractivity contribution in [3.05, 3.63) is 0 Å². The van der Waals surface area contributed by atoms with E-state index in [2.05, 4.69) is 41.5 Å². The Morgan fingerprint density at radius 3 is 1.90 bits per heavy atom. The Kier molecular flexibility index (Phi) is 4.13. The first-order valence-electron chi connectivity index (χ1n) is 8.55. The molecule has 0 aromatic carbocycles. The zero-order chi connectivity index (χ0) is 15.2. The number of ketones is 1. The van der Waals surface area contributed by atoms with Gasteiger partial charge in [0.25, 0.3) is 0 Å². The van der Waals surface area contributed by atoms with Crippen LogP contribution in [-0.4, -0.2) is 5.78 Å². The summed E-state index contributed by atoms with van der Waals surface area (Å²) in [6.45, 7) is 13.3. The van der Waals surface area contributed by atoms with Crippen LogP contribution in [0.25, 0.3) is 0 Å². The molecule has 2 aliphatic rings. The van der Waals surface area contributed by atoms with Crippen molar-refractivity contribution in [3.8, 4) is 0 Å². The molecular formula is C19H34O. The molecular weight excluding hydrogens is 244 g/mol. The summed E-state index contributed by atoms with van der Waals surface area (Å²) in [4.78, 5) is 12.3. The molecule has 116 valence electrons. The lowest BCUT2D eigenvalue weighted by Crippen LogP contribution is -2.46. The van der Waals surface area contributed by atoms with E-state index in [4.69, 9.17) is 0 Å². The largest absolute Gasteiger partial charge is 0.299 e.